The molecule has 1 aliphatic heterocycles. The Bertz CT molecular complexity index is 331. The van der Waals surface area contributed by atoms with E-state index in [1.165, 1.54) is 6.42 Å². The number of ether oxygens (including phenoxy) is 1. The van der Waals surface area contributed by atoms with Gasteiger partial charge in [0.05, 0.1) is 13.2 Å². The normalized spacial score (nSPS) is 29.7. The molecule has 102 valence electrons. The molecule has 3 heteroatoms. The van der Waals surface area contributed by atoms with Gasteiger partial charge in [-0.25, -0.2) is 0 Å². The van der Waals surface area contributed by atoms with Crippen LogP contribution in [0.1, 0.15) is 26.7 Å². The molecule has 1 fully saturated rings. The maximum absolute atomic E-state index is 5.46. The lowest BCUT2D eigenvalue weighted by Gasteiger charge is -2.46. The molecule has 1 saturated heterocycles. The zero-order valence-corrected chi connectivity index (χ0v) is 12.6. The number of morpholine rings is 1. The first-order valence-electron chi connectivity index (χ1n) is 6.80. The topological polar surface area (TPSA) is 12.5 Å². The Kier molecular flexibility index (Phi) is 4.57. The van der Waals surface area contributed by atoms with Gasteiger partial charge in [0.1, 0.15) is 0 Å². The number of thioether (sulfide) groups is 1. The molecule has 2 aliphatic rings. The zero-order chi connectivity index (χ0) is 13.1. The van der Waals surface area contributed by atoms with E-state index in [0.717, 1.165) is 32.7 Å². The van der Waals surface area contributed by atoms with Crippen LogP contribution in [0.5, 0.6) is 0 Å². The molecule has 1 heterocycles. The molecular weight excluding hydrogens is 242 g/mol. The summed E-state index contributed by atoms with van der Waals surface area (Å²) in [5.41, 5.74) is 0.238. The minimum Gasteiger partial charge on any atom is -0.379 e. The van der Waals surface area contributed by atoms with Crippen LogP contribution >= 0.6 is 11.8 Å². The Balaban J connectivity index is 2.05. The fourth-order valence-electron chi connectivity index (χ4n) is 3.01. The molecule has 0 spiro atoms. The van der Waals surface area contributed by atoms with Gasteiger partial charge in [0, 0.05) is 23.4 Å². The third-order valence-electron chi connectivity index (χ3n) is 4.12. The molecule has 0 bridgehead atoms. The van der Waals surface area contributed by atoms with E-state index in [0.29, 0.717) is 0 Å². The average molecular weight is 267 g/mol. The highest BCUT2D eigenvalue weighted by molar-refractivity contribution is 8.00. The Labute approximate surface area is 115 Å². The van der Waals surface area contributed by atoms with E-state index >= 15 is 0 Å². The Morgan fingerprint density at radius 3 is 2.56 bits per heavy atom. The van der Waals surface area contributed by atoms with Crippen molar-refractivity contribution in [3.8, 4) is 0 Å². The molecule has 0 saturated carbocycles. The van der Waals surface area contributed by atoms with Crippen LogP contribution in [0, 0.1) is 0 Å². The van der Waals surface area contributed by atoms with Gasteiger partial charge in [-0.3, -0.25) is 4.90 Å². The molecule has 0 aromatic rings. The fraction of sp³-hybridized carbons (Fsp3) is 0.733. The van der Waals surface area contributed by atoms with Crippen molar-refractivity contribution in [3.63, 3.8) is 0 Å². The maximum atomic E-state index is 5.46. The number of nitrogens with zero attached hydrogens (tertiary/aromatic N) is 1. The Morgan fingerprint density at radius 1 is 1.28 bits per heavy atom. The van der Waals surface area contributed by atoms with Crippen LogP contribution in [0.4, 0.5) is 0 Å². The van der Waals surface area contributed by atoms with Gasteiger partial charge in [-0.15, -0.1) is 0 Å². The SMILES string of the molecule is CSC1(CC(C)(C)N2CCOCC2)C=CC=CC1. The smallest absolute Gasteiger partial charge is 0.0594 e. The van der Waals surface area contributed by atoms with Gasteiger partial charge in [-0.1, -0.05) is 24.3 Å². The first kappa shape index (κ1) is 14.2. The molecule has 1 aliphatic carbocycles. The summed E-state index contributed by atoms with van der Waals surface area (Å²) < 4.78 is 5.74. The van der Waals surface area contributed by atoms with Gasteiger partial charge in [0.15, 0.2) is 0 Å². The summed E-state index contributed by atoms with van der Waals surface area (Å²) in [6, 6.07) is 0. The van der Waals surface area contributed by atoms with Gasteiger partial charge in [0.2, 0.25) is 0 Å². The van der Waals surface area contributed by atoms with Crippen molar-refractivity contribution in [3.05, 3.63) is 24.3 Å². The predicted octanol–water partition coefficient (Wildman–Crippen LogP) is 3.11. The summed E-state index contributed by atoms with van der Waals surface area (Å²) in [4.78, 5) is 2.58. The van der Waals surface area contributed by atoms with Crippen LogP contribution in [0.25, 0.3) is 0 Å². The second-order valence-electron chi connectivity index (χ2n) is 5.85. The summed E-state index contributed by atoms with van der Waals surface area (Å²) in [6.45, 7) is 8.65. The summed E-state index contributed by atoms with van der Waals surface area (Å²) in [7, 11) is 0. The number of rotatable bonds is 4. The monoisotopic (exact) mass is 267 g/mol. The molecule has 0 N–H and O–H groups in total. The van der Waals surface area contributed by atoms with Gasteiger partial charge in [-0.05, 0) is 32.9 Å². The predicted molar refractivity (Wildman–Crippen MR) is 80.2 cm³/mol. The van der Waals surface area contributed by atoms with Crippen LogP contribution in [0.15, 0.2) is 24.3 Å². The number of hydrogen-bond acceptors (Lipinski definition) is 3. The van der Waals surface area contributed by atoms with E-state index in [-0.39, 0.29) is 10.3 Å². The molecule has 1 atom stereocenters. The van der Waals surface area contributed by atoms with Crippen molar-refractivity contribution in [2.24, 2.45) is 0 Å². The average Bonchev–Trinajstić information content (AvgIpc) is 2.40. The molecule has 2 rings (SSSR count). The lowest BCUT2D eigenvalue weighted by atomic mass is 9.84. The van der Waals surface area contributed by atoms with Crippen LogP contribution in [-0.2, 0) is 4.74 Å². The van der Waals surface area contributed by atoms with E-state index in [2.05, 4.69) is 49.3 Å². The zero-order valence-electron chi connectivity index (χ0n) is 11.8. The van der Waals surface area contributed by atoms with Crippen molar-refractivity contribution in [2.75, 3.05) is 32.6 Å². The van der Waals surface area contributed by atoms with Gasteiger partial charge < -0.3 is 4.74 Å². The molecular formula is C15H25NOS. The van der Waals surface area contributed by atoms with E-state index in [1.807, 2.05) is 11.8 Å². The van der Waals surface area contributed by atoms with Gasteiger partial charge in [0.25, 0.3) is 0 Å². The van der Waals surface area contributed by atoms with Crippen molar-refractivity contribution in [1.29, 1.82) is 0 Å². The molecule has 0 amide bonds. The third-order valence-corrected chi connectivity index (χ3v) is 5.38. The summed E-state index contributed by atoms with van der Waals surface area (Å²) in [5, 5.41) is 0. The van der Waals surface area contributed by atoms with E-state index in [4.69, 9.17) is 4.74 Å². The Morgan fingerprint density at radius 2 is 2.00 bits per heavy atom. The fourth-order valence-corrected chi connectivity index (χ4v) is 3.99. The maximum Gasteiger partial charge on any atom is 0.0594 e. The van der Waals surface area contributed by atoms with Crippen LogP contribution in [-0.4, -0.2) is 47.7 Å². The summed E-state index contributed by atoms with van der Waals surface area (Å²) >= 11 is 1.99. The molecule has 2 nitrogen and oxygen atoms in total. The highest BCUT2D eigenvalue weighted by Gasteiger charge is 2.37. The quantitative estimate of drug-likeness (QED) is 0.776. The van der Waals surface area contributed by atoms with Crippen molar-refractivity contribution >= 4 is 11.8 Å². The van der Waals surface area contributed by atoms with Gasteiger partial charge in [-0.2, -0.15) is 11.8 Å². The molecule has 18 heavy (non-hydrogen) atoms. The van der Waals surface area contributed by atoms with Crippen LogP contribution < -0.4 is 0 Å². The highest BCUT2D eigenvalue weighted by atomic mass is 32.2. The minimum atomic E-state index is 0.238. The lowest BCUT2D eigenvalue weighted by molar-refractivity contribution is -0.0147. The molecule has 0 aromatic carbocycles. The first-order chi connectivity index (χ1) is 8.58. The van der Waals surface area contributed by atoms with Gasteiger partial charge >= 0.3 is 0 Å². The van der Waals surface area contributed by atoms with Crippen LogP contribution in [0.2, 0.25) is 0 Å². The standard InChI is InChI=1S/C15H25NOS/c1-14(2,16-9-11-17-12-10-16)13-15(18-3)7-5-4-6-8-15/h4-7H,8-13H2,1-3H3. The van der Waals surface area contributed by atoms with Crippen molar-refractivity contribution < 1.29 is 4.74 Å². The third kappa shape index (κ3) is 3.19. The largest absolute Gasteiger partial charge is 0.379 e. The Hall–Kier alpha value is -0.250. The molecule has 0 radical (unpaired) electrons. The highest BCUT2D eigenvalue weighted by Crippen LogP contribution is 2.40. The summed E-state index contributed by atoms with van der Waals surface area (Å²) in [6.07, 6.45) is 13.6. The summed E-state index contributed by atoms with van der Waals surface area (Å²) in [5.74, 6) is 0. The number of allylic oxidation sites excluding steroid dienone is 3. The van der Waals surface area contributed by atoms with E-state index in [9.17, 15) is 0 Å². The molecule has 1 unspecified atom stereocenters. The van der Waals surface area contributed by atoms with E-state index < -0.39 is 0 Å². The van der Waals surface area contributed by atoms with Crippen molar-refractivity contribution in [1.82, 2.24) is 4.90 Å². The number of hydrogen-bond donors (Lipinski definition) is 0. The lowest BCUT2D eigenvalue weighted by Crippen LogP contribution is -2.52. The molecule has 0 aromatic heterocycles. The minimum absolute atomic E-state index is 0.238. The van der Waals surface area contributed by atoms with Crippen molar-refractivity contribution in [2.45, 2.75) is 37.0 Å². The second kappa shape index (κ2) is 5.81. The van der Waals surface area contributed by atoms with Crippen LogP contribution in [0.3, 0.4) is 0 Å². The second-order valence-corrected chi connectivity index (χ2v) is 7.07. The first-order valence-corrected chi connectivity index (χ1v) is 8.03. The van der Waals surface area contributed by atoms with E-state index in [1.54, 1.807) is 0 Å².